The Morgan fingerprint density at radius 3 is 2.74 bits per heavy atom. The average Bonchev–Trinajstić information content (AvgIpc) is 3.20. The number of rotatable bonds is 9. The number of aliphatic imine (C=N–C) groups is 1. The van der Waals surface area contributed by atoms with Crippen LogP contribution >= 0.6 is 0 Å². The van der Waals surface area contributed by atoms with Gasteiger partial charge in [0, 0.05) is 52.4 Å². The zero-order valence-corrected chi connectivity index (χ0v) is 18.8. The Hall–Kier alpha value is -2.45. The maximum Gasteiger partial charge on any atom is 0.194 e. The zero-order valence-electron chi connectivity index (χ0n) is 18.8. The number of piperidine rings is 1. The number of halogens is 1. The highest BCUT2D eigenvalue weighted by Crippen LogP contribution is 2.18. The summed E-state index contributed by atoms with van der Waals surface area (Å²) in [5, 5.41) is 3.37. The van der Waals surface area contributed by atoms with E-state index in [2.05, 4.69) is 22.1 Å². The average molecular weight is 432 g/mol. The Kier molecular flexibility index (Phi) is 8.85. The number of aromatic nitrogens is 2. The summed E-state index contributed by atoms with van der Waals surface area (Å²) in [6, 6.07) is 5.27. The summed E-state index contributed by atoms with van der Waals surface area (Å²) < 4.78 is 27.4. The molecule has 31 heavy (non-hydrogen) atoms. The molecule has 0 aliphatic carbocycles. The van der Waals surface area contributed by atoms with E-state index >= 15 is 0 Å². The molecule has 1 fully saturated rings. The molecule has 0 radical (unpaired) electrons. The van der Waals surface area contributed by atoms with Gasteiger partial charge in [0.15, 0.2) is 5.96 Å². The molecule has 7 nitrogen and oxygen atoms in total. The third kappa shape index (κ3) is 6.51. The molecule has 0 saturated carbocycles. The number of nitrogens with one attached hydrogen (secondary N) is 1. The number of nitrogens with zero attached hydrogens (tertiary/aromatic N) is 4. The number of imidazole rings is 1. The summed E-state index contributed by atoms with van der Waals surface area (Å²) in [6.07, 6.45) is 6.61. The van der Waals surface area contributed by atoms with Gasteiger partial charge in [-0.3, -0.25) is 0 Å². The quantitative estimate of drug-likeness (QED) is 0.375. The van der Waals surface area contributed by atoms with Gasteiger partial charge in [-0.15, -0.1) is 0 Å². The lowest BCUT2D eigenvalue weighted by molar-refractivity contribution is 0.00990. The van der Waals surface area contributed by atoms with Crippen molar-refractivity contribution in [1.82, 2.24) is 19.8 Å². The molecule has 1 aliphatic heterocycles. The molecule has 0 atom stereocenters. The number of guanidine groups is 1. The van der Waals surface area contributed by atoms with Gasteiger partial charge in [0.25, 0.3) is 0 Å². The number of aryl methyl sites for hydroxylation is 1. The van der Waals surface area contributed by atoms with E-state index in [1.54, 1.807) is 36.2 Å². The Labute approximate surface area is 184 Å². The standard InChI is InChI=1S/C23H34FN5O2/c1-4-25-23(28-11-8-20(9-12-28)31-15-5-14-30-3)27-17-19-6-7-22(21(24)16-19)29-13-10-26-18(29)2/h6-7,10,13,16,20H,4-5,8-9,11-12,14-15,17H2,1-3H3,(H,25,27). The molecule has 2 heterocycles. The van der Waals surface area contributed by atoms with Crippen LogP contribution in [-0.2, 0) is 16.0 Å². The molecule has 0 unspecified atom stereocenters. The van der Waals surface area contributed by atoms with E-state index in [9.17, 15) is 4.39 Å². The van der Waals surface area contributed by atoms with Gasteiger partial charge in [0.05, 0.1) is 18.3 Å². The van der Waals surface area contributed by atoms with Gasteiger partial charge in [-0.1, -0.05) is 6.07 Å². The predicted molar refractivity (Wildman–Crippen MR) is 120 cm³/mol. The minimum Gasteiger partial charge on any atom is -0.385 e. The van der Waals surface area contributed by atoms with Crippen LogP contribution in [0.15, 0.2) is 35.6 Å². The number of ether oxygens (including phenoxy) is 2. The van der Waals surface area contributed by atoms with Gasteiger partial charge in [0.1, 0.15) is 11.6 Å². The van der Waals surface area contributed by atoms with Gasteiger partial charge < -0.3 is 24.3 Å². The Bertz CT molecular complexity index is 846. The molecule has 170 valence electrons. The second-order valence-corrected chi connectivity index (χ2v) is 7.70. The largest absolute Gasteiger partial charge is 0.385 e. The van der Waals surface area contributed by atoms with Crippen molar-refractivity contribution < 1.29 is 13.9 Å². The molecule has 0 amide bonds. The van der Waals surface area contributed by atoms with Gasteiger partial charge in [0.2, 0.25) is 0 Å². The van der Waals surface area contributed by atoms with Crippen molar-refractivity contribution in [2.45, 2.75) is 45.8 Å². The summed E-state index contributed by atoms with van der Waals surface area (Å²) in [7, 11) is 1.71. The minimum absolute atomic E-state index is 0.273. The van der Waals surface area contributed by atoms with E-state index in [0.29, 0.717) is 18.3 Å². The number of hydrogen-bond acceptors (Lipinski definition) is 4. The molecule has 1 aromatic carbocycles. The Morgan fingerprint density at radius 2 is 2.10 bits per heavy atom. The van der Waals surface area contributed by atoms with Crippen molar-refractivity contribution in [2.24, 2.45) is 4.99 Å². The minimum atomic E-state index is -0.273. The molecular weight excluding hydrogens is 397 g/mol. The van der Waals surface area contributed by atoms with Gasteiger partial charge >= 0.3 is 0 Å². The molecule has 3 rings (SSSR count). The van der Waals surface area contributed by atoms with Crippen LogP contribution in [0.1, 0.15) is 37.6 Å². The van der Waals surface area contributed by atoms with Crippen molar-refractivity contribution in [3.05, 3.63) is 47.8 Å². The second kappa shape index (κ2) is 11.8. The highest BCUT2D eigenvalue weighted by Gasteiger charge is 2.21. The van der Waals surface area contributed by atoms with E-state index in [1.807, 2.05) is 13.0 Å². The van der Waals surface area contributed by atoms with Crippen molar-refractivity contribution in [2.75, 3.05) is 40.0 Å². The monoisotopic (exact) mass is 431 g/mol. The van der Waals surface area contributed by atoms with Crippen molar-refractivity contribution in [3.8, 4) is 5.69 Å². The van der Waals surface area contributed by atoms with Crippen LogP contribution in [0.5, 0.6) is 0 Å². The second-order valence-electron chi connectivity index (χ2n) is 7.70. The van der Waals surface area contributed by atoms with Crippen LogP contribution in [0.3, 0.4) is 0 Å². The summed E-state index contributed by atoms with van der Waals surface area (Å²) in [5.74, 6) is 1.35. The van der Waals surface area contributed by atoms with E-state index < -0.39 is 0 Å². The van der Waals surface area contributed by atoms with Gasteiger partial charge in [-0.2, -0.15) is 0 Å². The van der Waals surface area contributed by atoms with Crippen LogP contribution in [-0.4, -0.2) is 66.5 Å². The third-order valence-corrected chi connectivity index (χ3v) is 5.43. The molecule has 1 saturated heterocycles. The van der Waals surface area contributed by atoms with Gasteiger partial charge in [-0.05, 0) is 50.8 Å². The first-order valence-electron chi connectivity index (χ1n) is 11.0. The number of benzene rings is 1. The van der Waals surface area contributed by atoms with Crippen LogP contribution in [0.2, 0.25) is 0 Å². The van der Waals surface area contributed by atoms with Crippen LogP contribution in [0.4, 0.5) is 4.39 Å². The molecule has 1 aromatic heterocycles. The van der Waals surface area contributed by atoms with E-state index in [1.165, 1.54) is 0 Å². The molecular formula is C23H34FN5O2. The van der Waals surface area contributed by atoms with Crippen molar-refractivity contribution >= 4 is 5.96 Å². The molecule has 1 N–H and O–H groups in total. The fourth-order valence-corrected chi connectivity index (χ4v) is 3.76. The SMILES string of the molecule is CCNC(=NCc1ccc(-n2ccnc2C)c(F)c1)N1CCC(OCCCOC)CC1. The fourth-order valence-electron chi connectivity index (χ4n) is 3.76. The number of hydrogen-bond donors (Lipinski definition) is 1. The maximum atomic E-state index is 14.7. The van der Waals surface area contributed by atoms with Gasteiger partial charge in [-0.25, -0.2) is 14.4 Å². The normalized spacial score (nSPS) is 15.5. The lowest BCUT2D eigenvalue weighted by Gasteiger charge is -2.34. The Balaban J connectivity index is 1.58. The molecule has 8 heteroatoms. The van der Waals surface area contributed by atoms with Crippen molar-refractivity contribution in [1.29, 1.82) is 0 Å². The van der Waals surface area contributed by atoms with Crippen LogP contribution in [0, 0.1) is 12.7 Å². The summed E-state index contributed by atoms with van der Waals surface area (Å²) in [4.78, 5) is 11.2. The maximum absolute atomic E-state index is 14.7. The van der Waals surface area contributed by atoms with Crippen molar-refractivity contribution in [3.63, 3.8) is 0 Å². The van der Waals surface area contributed by atoms with Crippen LogP contribution in [0.25, 0.3) is 5.69 Å². The summed E-state index contributed by atoms with van der Waals surface area (Å²) >= 11 is 0. The lowest BCUT2D eigenvalue weighted by Crippen LogP contribution is -2.47. The Morgan fingerprint density at radius 1 is 1.29 bits per heavy atom. The van der Waals surface area contributed by atoms with Crippen LogP contribution < -0.4 is 5.32 Å². The van der Waals surface area contributed by atoms with E-state index in [0.717, 1.165) is 69.5 Å². The summed E-state index contributed by atoms with van der Waals surface area (Å²) in [6.45, 7) is 8.40. The fraction of sp³-hybridized carbons (Fsp3) is 0.565. The highest BCUT2D eigenvalue weighted by atomic mass is 19.1. The summed E-state index contributed by atoms with van der Waals surface area (Å²) in [5.41, 5.74) is 1.34. The van der Waals surface area contributed by atoms with E-state index in [-0.39, 0.29) is 5.82 Å². The first kappa shape index (κ1) is 23.2. The topological polar surface area (TPSA) is 63.9 Å². The number of likely N-dealkylation sites (tertiary alicyclic amines) is 1. The predicted octanol–water partition coefficient (Wildman–Crippen LogP) is 3.30. The highest BCUT2D eigenvalue weighted by molar-refractivity contribution is 5.80. The smallest absolute Gasteiger partial charge is 0.194 e. The number of methoxy groups -OCH3 is 1. The lowest BCUT2D eigenvalue weighted by atomic mass is 10.1. The third-order valence-electron chi connectivity index (χ3n) is 5.43. The molecule has 2 aromatic rings. The zero-order chi connectivity index (χ0) is 22.1. The molecule has 0 spiro atoms. The first-order chi connectivity index (χ1) is 15.1. The molecule has 0 bridgehead atoms. The molecule has 1 aliphatic rings. The van der Waals surface area contributed by atoms with E-state index in [4.69, 9.17) is 14.5 Å². The first-order valence-corrected chi connectivity index (χ1v) is 11.0.